The zero-order chi connectivity index (χ0) is 19.9. The highest BCUT2D eigenvalue weighted by Crippen LogP contribution is 2.41. The smallest absolute Gasteiger partial charge is 0.437 e. The summed E-state index contributed by atoms with van der Waals surface area (Å²) in [6.07, 6.45) is -0.958. The zero-order valence-corrected chi connectivity index (χ0v) is 15.7. The fourth-order valence-corrected chi connectivity index (χ4v) is 2.72. The lowest BCUT2D eigenvalue weighted by Crippen LogP contribution is -2.30. The summed E-state index contributed by atoms with van der Waals surface area (Å²) in [5.74, 6) is -0.832. The van der Waals surface area contributed by atoms with Crippen LogP contribution in [0.2, 0.25) is 5.02 Å². The van der Waals surface area contributed by atoms with Gasteiger partial charge in [-0.25, -0.2) is 4.79 Å². The van der Waals surface area contributed by atoms with Crippen LogP contribution in [0.25, 0.3) is 0 Å². The molecule has 0 saturated heterocycles. The molecule has 0 aromatic heterocycles. The molecule has 26 heavy (non-hydrogen) atoms. The molecule has 1 atom stereocenters. The van der Waals surface area contributed by atoms with Crippen LogP contribution in [0.1, 0.15) is 32.3 Å². The van der Waals surface area contributed by atoms with Crippen LogP contribution in [-0.2, 0) is 9.47 Å². The van der Waals surface area contributed by atoms with E-state index in [1.165, 1.54) is 0 Å². The predicted molar refractivity (Wildman–Crippen MR) is 96.0 cm³/mol. The molecule has 0 aliphatic carbocycles. The number of nitro groups is 1. The van der Waals surface area contributed by atoms with E-state index in [0.29, 0.717) is 22.0 Å². The van der Waals surface area contributed by atoms with Crippen LogP contribution in [-0.4, -0.2) is 29.9 Å². The number of aliphatic hydroxyl groups excluding tert-OH is 1. The molecule has 9 heteroatoms. The van der Waals surface area contributed by atoms with Crippen LogP contribution in [0.3, 0.4) is 0 Å². The number of dihydropyridines is 1. The van der Waals surface area contributed by atoms with Crippen molar-refractivity contribution in [3.63, 3.8) is 0 Å². The van der Waals surface area contributed by atoms with Gasteiger partial charge in [0.05, 0.1) is 23.4 Å². The largest absolute Gasteiger partial charge is 0.513 e. The Hall–Kier alpha value is -2.58. The molecule has 2 rings (SSSR count). The number of hydrogen-bond acceptors (Lipinski definition) is 7. The van der Waals surface area contributed by atoms with Crippen molar-refractivity contribution in [3.8, 4) is 0 Å². The Kier molecular flexibility index (Phi) is 8.08. The number of carbonyl (C=O) groups excluding carboxylic acids is 1. The molecule has 1 aromatic rings. The van der Waals surface area contributed by atoms with Crippen LogP contribution in [0.15, 0.2) is 47.1 Å². The average Bonchev–Trinajstić information content (AvgIpc) is 2.57. The molecule has 0 spiro atoms. The first-order valence-electron chi connectivity index (χ1n) is 7.72. The van der Waals surface area contributed by atoms with Gasteiger partial charge in [-0.3, -0.25) is 10.1 Å². The minimum atomic E-state index is -0.958. The van der Waals surface area contributed by atoms with Crippen molar-refractivity contribution in [1.29, 1.82) is 0 Å². The van der Waals surface area contributed by atoms with E-state index < -0.39 is 17.0 Å². The van der Waals surface area contributed by atoms with E-state index in [9.17, 15) is 14.9 Å². The standard InChI is InChI=1S/C15H15ClN2O5.C2H6O/c1-8-13(18(20)21)12(10-6-4-5-7-11(10)16)14(9(2)17-8)23-15(19)22-3;1-2-3/h4-7,12,17H,1-3H3;3H,2H2,1H3. The predicted octanol–water partition coefficient (Wildman–Crippen LogP) is 3.55. The van der Waals surface area contributed by atoms with Crippen LogP contribution >= 0.6 is 11.6 Å². The molecule has 2 N–H and O–H groups in total. The van der Waals surface area contributed by atoms with Crippen molar-refractivity contribution in [3.05, 3.63) is 67.8 Å². The Morgan fingerprint density at radius 2 is 1.92 bits per heavy atom. The minimum Gasteiger partial charge on any atom is -0.437 e. The Bertz CT molecular complexity index is 745. The number of rotatable bonds is 3. The SMILES string of the molecule is CCO.COC(=O)OC1=C(C)NC(C)=C([N+](=O)[O-])C1c1ccccc1Cl. The van der Waals surface area contributed by atoms with Gasteiger partial charge in [0, 0.05) is 11.6 Å². The number of methoxy groups -OCH3 is 1. The Morgan fingerprint density at radius 3 is 2.42 bits per heavy atom. The lowest BCUT2D eigenvalue weighted by molar-refractivity contribution is -0.431. The molecule has 0 bridgehead atoms. The molecule has 0 amide bonds. The number of halogens is 1. The summed E-state index contributed by atoms with van der Waals surface area (Å²) < 4.78 is 9.66. The number of nitrogens with zero attached hydrogens (tertiary/aromatic N) is 1. The number of carbonyl (C=O) groups is 1. The summed E-state index contributed by atoms with van der Waals surface area (Å²) in [6, 6.07) is 6.70. The third-order valence-electron chi connectivity index (χ3n) is 3.44. The molecule has 1 aliphatic rings. The molecule has 0 fully saturated rings. The number of allylic oxidation sites excluding steroid dienone is 2. The second-order valence-electron chi connectivity index (χ2n) is 5.21. The first-order valence-corrected chi connectivity index (χ1v) is 8.10. The van der Waals surface area contributed by atoms with Gasteiger partial charge in [-0.2, -0.15) is 0 Å². The number of hydrogen-bond donors (Lipinski definition) is 2. The lowest BCUT2D eigenvalue weighted by atomic mass is 9.89. The molecule has 1 aliphatic heterocycles. The second kappa shape index (κ2) is 9.79. The topological polar surface area (TPSA) is 111 Å². The van der Waals surface area contributed by atoms with Gasteiger partial charge in [0.2, 0.25) is 0 Å². The molecule has 142 valence electrons. The van der Waals surface area contributed by atoms with Crippen molar-refractivity contribution >= 4 is 17.8 Å². The molecule has 0 saturated carbocycles. The number of benzene rings is 1. The fraction of sp³-hybridized carbons (Fsp3) is 0.353. The number of aliphatic hydroxyl groups is 1. The van der Waals surface area contributed by atoms with Gasteiger partial charge < -0.3 is 19.9 Å². The summed E-state index contributed by atoms with van der Waals surface area (Å²) >= 11 is 6.20. The molecule has 1 unspecified atom stereocenters. The van der Waals surface area contributed by atoms with Crippen LogP contribution in [0.4, 0.5) is 4.79 Å². The molecule has 8 nitrogen and oxygen atoms in total. The van der Waals surface area contributed by atoms with Gasteiger partial charge in [0.25, 0.3) is 5.70 Å². The highest BCUT2D eigenvalue weighted by atomic mass is 35.5. The molecular formula is C17H21ClN2O6. The first kappa shape index (κ1) is 21.5. The van der Waals surface area contributed by atoms with E-state index in [1.807, 2.05) is 0 Å². The maximum absolute atomic E-state index is 11.5. The van der Waals surface area contributed by atoms with Gasteiger partial charge >= 0.3 is 6.16 Å². The zero-order valence-electron chi connectivity index (χ0n) is 14.9. The van der Waals surface area contributed by atoms with Gasteiger partial charge in [-0.1, -0.05) is 29.8 Å². The third-order valence-corrected chi connectivity index (χ3v) is 3.78. The maximum Gasteiger partial charge on any atom is 0.513 e. The molecule has 1 heterocycles. The van der Waals surface area contributed by atoms with Crippen molar-refractivity contribution in [2.45, 2.75) is 26.7 Å². The van der Waals surface area contributed by atoms with E-state index in [-0.39, 0.29) is 18.1 Å². The highest BCUT2D eigenvalue weighted by molar-refractivity contribution is 6.31. The third kappa shape index (κ3) is 4.96. The molecular weight excluding hydrogens is 364 g/mol. The maximum atomic E-state index is 11.5. The Morgan fingerprint density at radius 1 is 1.35 bits per heavy atom. The van der Waals surface area contributed by atoms with Crippen molar-refractivity contribution in [1.82, 2.24) is 5.32 Å². The molecule has 0 radical (unpaired) electrons. The Balaban J connectivity index is 0.00000105. The van der Waals surface area contributed by atoms with Crippen molar-refractivity contribution in [2.75, 3.05) is 13.7 Å². The number of nitrogens with one attached hydrogen (secondary N) is 1. The summed E-state index contributed by atoms with van der Waals surface area (Å²) in [5.41, 5.74) is 1.17. The highest BCUT2D eigenvalue weighted by Gasteiger charge is 2.40. The van der Waals surface area contributed by atoms with Crippen LogP contribution in [0, 0.1) is 10.1 Å². The average molecular weight is 385 g/mol. The van der Waals surface area contributed by atoms with Crippen LogP contribution in [0.5, 0.6) is 0 Å². The second-order valence-corrected chi connectivity index (χ2v) is 5.62. The van der Waals surface area contributed by atoms with Crippen LogP contribution < -0.4 is 5.32 Å². The van der Waals surface area contributed by atoms with E-state index in [1.54, 1.807) is 45.0 Å². The van der Waals surface area contributed by atoms with Crippen molar-refractivity contribution < 1.29 is 24.3 Å². The van der Waals surface area contributed by atoms with E-state index in [4.69, 9.17) is 21.4 Å². The first-order chi connectivity index (χ1) is 12.3. The van der Waals surface area contributed by atoms with Crippen molar-refractivity contribution in [2.24, 2.45) is 0 Å². The molecule has 1 aromatic carbocycles. The van der Waals surface area contributed by atoms with Gasteiger partial charge in [0.15, 0.2) is 0 Å². The number of ether oxygens (including phenoxy) is 2. The normalized spacial score (nSPS) is 16.3. The van der Waals surface area contributed by atoms with Gasteiger partial charge in [0.1, 0.15) is 11.7 Å². The quantitative estimate of drug-likeness (QED) is 0.465. The van der Waals surface area contributed by atoms with Gasteiger partial charge in [-0.15, -0.1) is 0 Å². The van der Waals surface area contributed by atoms with Gasteiger partial charge in [-0.05, 0) is 32.4 Å². The summed E-state index contributed by atoms with van der Waals surface area (Å²) in [5, 5.41) is 22.3. The lowest BCUT2D eigenvalue weighted by Gasteiger charge is -2.26. The fourth-order valence-electron chi connectivity index (χ4n) is 2.47. The van der Waals surface area contributed by atoms with E-state index >= 15 is 0 Å². The van der Waals surface area contributed by atoms with E-state index in [2.05, 4.69) is 10.1 Å². The Labute approximate surface area is 156 Å². The summed E-state index contributed by atoms with van der Waals surface area (Å²) in [4.78, 5) is 22.5. The summed E-state index contributed by atoms with van der Waals surface area (Å²) in [6.45, 7) is 5.17. The summed E-state index contributed by atoms with van der Waals surface area (Å²) in [7, 11) is 1.16. The van der Waals surface area contributed by atoms with E-state index in [0.717, 1.165) is 7.11 Å². The minimum absolute atomic E-state index is 0.0854. The monoisotopic (exact) mass is 384 g/mol.